The van der Waals surface area contributed by atoms with Crippen LogP contribution in [0.15, 0.2) is 43.0 Å². The van der Waals surface area contributed by atoms with E-state index in [9.17, 15) is 0 Å². The molecule has 220 valence electrons. The summed E-state index contributed by atoms with van der Waals surface area (Å²) in [7, 11) is -3.96. The molecule has 3 heterocycles. The third-order valence-corrected chi connectivity index (χ3v) is 18.8. The highest BCUT2D eigenvalue weighted by molar-refractivity contribution is 6.83. The second kappa shape index (κ2) is 11.3. The number of ether oxygens (including phenoxy) is 1. The number of hydrogen-bond donors (Lipinski definition) is 1. The van der Waals surface area contributed by atoms with Gasteiger partial charge in [0.15, 0.2) is 28.4 Å². The molecule has 7 nitrogen and oxygen atoms in total. The zero-order chi connectivity index (χ0) is 29.5. The summed E-state index contributed by atoms with van der Waals surface area (Å²) >= 11 is 0. The van der Waals surface area contributed by atoms with Crippen molar-refractivity contribution < 1.29 is 9.16 Å². The molecule has 1 aromatic carbocycles. The number of anilines is 1. The second-order valence-corrected chi connectivity index (χ2v) is 24.3. The lowest BCUT2D eigenvalue weighted by atomic mass is 9.90. The van der Waals surface area contributed by atoms with E-state index in [0.29, 0.717) is 0 Å². The van der Waals surface area contributed by atoms with E-state index >= 15 is 0 Å². The van der Waals surface area contributed by atoms with Crippen LogP contribution in [0.1, 0.15) is 73.1 Å². The predicted octanol–water partition coefficient (Wildman–Crippen LogP) is 8.19. The first kappa shape index (κ1) is 30.9. The van der Waals surface area contributed by atoms with Crippen molar-refractivity contribution in [1.29, 1.82) is 0 Å². The quantitative estimate of drug-likeness (QED) is 0.257. The van der Waals surface area contributed by atoms with Crippen molar-refractivity contribution in [2.24, 2.45) is 5.92 Å². The van der Waals surface area contributed by atoms with Gasteiger partial charge < -0.3 is 14.1 Å². The molecule has 0 radical (unpaired) electrons. The van der Waals surface area contributed by atoms with Crippen molar-refractivity contribution in [1.82, 2.24) is 19.5 Å². The number of nitrogens with zero attached hydrogens (tertiary/aromatic N) is 4. The molecule has 0 spiro atoms. The number of fused-ring (bicyclic) bond motifs is 1. The summed E-state index contributed by atoms with van der Waals surface area (Å²) in [6.45, 7) is 25.4. The highest BCUT2D eigenvalue weighted by Gasteiger charge is 2.50. The van der Waals surface area contributed by atoms with Crippen LogP contribution in [0, 0.1) is 5.92 Å². The maximum absolute atomic E-state index is 7.25. The van der Waals surface area contributed by atoms with Crippen molar-refractivity contribution in [2.45, 2.75) is 122 Å². The minimum Gasteiger partial charge on any atom is -0.409 e. The summed E-state index contributed by atoms with van der Waals surface area (Å²) in [4.78, 5) is 18.0. The van der Waals surface area contributed by atoms with Crippen LogP contribution < -0.4 is 4.98 Å². The molecule has 40 heavy (non-hydrogen) atoms. The summed E-state index contributed by atoms with van der Waals surface area (Å²) in [5, 5.41) is 0.245. The van der Waals surface area contributed by atoms with E-state index in [1.807, 2.05) is 6.33 Å². The lowest BCUT2D eigenvalue weighted by molar-refractivity contribution is -0.0322. The zero-order valence-corrected chi connectivity index (χ0v) is 28.6. The Morgan fingerprint density at radius 3 is 2.23 bits per heavy atom. The average Bonchev–Trinajstić information content (AvgIpc) is 3.43. The van der Waals surface area contributed by atoms with Crippen LogP contribution in [0.2, 0.25) is 36.3 Å². The molecule has 2 aromatic heterocycles. The van der Waals surface area contributed by atoms with Crippen LogP contribution in [0.3, 0.4) is 0 Å². The Bertz CT molecular complexity index is 1280. The maximum atomic E-state index is 7.25. The monoisotopic (exact) mass is 581 g/mol. The SMILES string of the molecule is CC[C@H]1O[C@@H](n2cnc3c(N[Si](C)(C)C(C)(C)C)ncnc32)[C@@H](O[Si](C)(C)C(C)(C)C)C1CCc1ccccc1. The van der Waals surface area contributed by atoms with Gasteiger partial charge in [0.05, 0.1) is 18.5 Å². The molecule has 4 atom stereocenters. The second-order valence-electron chi connectivity index (χ2n) is 14.6. The average molecular weight is 582 g/mol. The van der Waals surface area contributed by atoms with Crippen molar-refractivity contribution in [3.8, 4) is 0 Å². The third-order valence-electron chi connectivity index (χ3n) is 9.68. The van der Waals surface area contributed by atoms with Gasteiger partial charge in [-0.15, -0.1) is 0 Å². The van der Waals surface area contributed by atoms with Gasteiger partial charge in [0.2, 0.25) is 0 Å². The van der Waals surface area contributed by atoms with E-state index in [1.54, 1.807) is 6.33 Å². The molecule has 3 aromatic rings. The van der Waals surface area contributed by atoms with E-state index in [0.717, 1.165) is 36.2 Å². The van der Waals surface area contributed by atoms with Gasteiger partial charge in [-0.05, 0) is 48.0 Å². The van der Waals surface area contributed by atoms with E-state index in [1.165, 1.54) is 5.56 Å². The largest absolute Gasteiger partial charge is 0.409 e. The van der Waals surface area contributed by atoms with Gasteiger partial charge in [-0.1, -0.05) is 91.9 Å². The maximum Gasteiger partial charge on any atom is 0.192 e. The molecule has 0 aliphatic carbocycles. The van der Waals surface area contributed by atoms with Crippen LogP contribution in [0.4, 0.5) is 5.82 Å². The first-order chi connectivity index (χ1) is 18.6. The summed E-state index contributed by atoms with van der Waals surface area (Å²) < 4.78 is 16.2. The van der Waals surface area contributed by atoms with Crippen molar-refractivity contribution in [3.63, 3.8) is 0 Å². The van der Waals surface area contributed by atoms with E-state index in [4.69, 9.17) is 19.1 Å². The molecule has 0 amide bonds. The number of imidazole rings is 1. The van der Waals surface area contributed by atoms with Crippen molar-refractivity contribution in [3.05, 3.63) is 48.5 Å². The molecule has 1 fully saturated rings. The highest BCUT2D eigenvalue weighted by atomic mass is 28.4. The lowest BCUT2D eigenvalue weighted by Crippen LogP contribution is -2.47. The molecule has 1 saturated heterocycles. The summed E-state index contributed by atoms with van der Waals surface area (Å²) in [5.41, 5.74) is 2.94. The van der Waals surface area contributed by atoms with E-state index in [2.05, 4.69) is 120 Å². The van der Waals surface area contributed by atoms with E-state index < -0.39 is 16.6 Å². The van der Waals surface area contributed by atoms with Crippen LogP contribution in [0.25, 0.3) is 11.2 Å². The summed E-state index contributed by atoms with van der Waals surface area (Å²) in [5.74, 6) is 1.08. The zero-order valence-electron chi connectivity index (χ0n) is 26.6. The van der Waals surface area contributed by atoms with Gasteiger partial charge in [0.25, 0.3) is 0 Å². The first-order valence-electron chi connectivity index (χ1n) is 14.9. The molecule has 9 heteroatoms. The fourth-order valence-corrected chi connectivity index (χ4v) is 7.48. The van der Waals surface area contributed by atoms with Gasteiger partial charge in [0.1, 0.15) is 17.7 Å². The molecule has 0 bridgehead atoms. The smallest absolute Gasteiger partial charge is 0.192 e. The van der Waals surface area contributed by atoms with Crippen LogP contribution in [-0.4, -0.2) is 48.3 Å². The Morgan fingerprint density at radius 1 is 0.950 bits per heavy atom. The van der Waals surface area contributed by atoms with Gasteiger partial charge in [-0.25, -0.2) is 15.0 Å². The number of aromatic nitrogens is 4. The Balaban J connectivity index is 1.73. The molecule has 1 aliphatic rings. The van der Waals surface area contributed by atoms with Crippen molar-refractivity contribution >= 4 is 33.5 Å². The number of aryl methyl sites for hydroxylation is 1. The Kier molecular flexibility index (Phi) is 8.73. The highest BCUT2D eigenvalue weighted by Crippen LogP contribution is 2.46. The molecular formula is C31H51N5O2Si2. The Hall–Kier alpha value is -2.08. The molecule has 4 rings (SSSR count). The molecule has 0 saturated carbocycles. The number of benzene rings is 1. The summed E-state index contributed by atoms with van der Waals surface area (Å²) in [6, 6.07) is 10.8. The number of rotatable bonds is 9. The van der Waals surface area contributed by atoms with Gasteiger partial charge in [-0.2, -0.15) is 0 Å². The molecule has 1 unspecified atom stereocenters. The standard InChI is InChI=1S/C31H51N5O2Si2/c1-12-24-23(19-18-22-16-14-13-15-17-22)26(38-40(10,11)31(5,6)7)29(37-24)36-21-34-25-27(32-20-33-28(25)36)35-39(8,9)30(2,3)4/h13-17,20-21,23-24,26,29H,12,18-19H2,1-11H3,(H,32,33,35)/t23?,24-,26+,29-/m1/s1. The number of hydrogen-bond acceptors (Lipinski definition) is 6. The van der Waals surface area contributed by atoms with Crippen LogP contribution in [-0.2, 0) is 15.6 Å². The minimum atomic E-state index is -2.10. The first-order valence-corrected chi connectivity index (χ1v) is 20.8. The molecule has 1 aliphatic heterocycles. The van der Waals surface area contributed by atoms with Crippen LogP contribution in [0.5, 0.6) is 0 Å². The third kappa shape index (κ3) is 6.22. The minimum absolute atomic E-state index is 0.0845. The molecular weight excluding hydrogens is 531 g/mol. The topological polar surface area (TPSA) is 74.1 Å². The Morgan fingerprint density at radius 2 is 1.62 bits per heavy atom. The van der Waals surface area contributed by atoms with Gasteiger partial charge >= 0.3 is 0 Å². The predicted molar refractivity (Wildman–Crippen MR) is 171 cm³/mol. The van der Waals surface area contributed by atoms with E-state index in [-0.39, 0.29) is 34.4 Å². The fourth-order valence-electron chi connectivity index (χ4n) is 5.01. The number of nitrogens with one attached hydrogen (secondary N) is 1. The lowest BCUT2D eigenvalue weighted by Gasteiger charge is -2.41. The summed E-state index contributed by atoms with van der Waals surface area (Å²) in [6.07, 6.45) is 6.22. The fraction of sp³-hybridized carbons (Fsp3) is 0.645. The van der Waals surface area contributed by atoms with Crippen LogP contribution >= 0.6 is 0 Å². The van der Waals surface area contributed by atoms with Gasteiger partial charge in [0, 0.05) is 5.92 Å². The van der Waals surface area contributed by atoms with Crippen molar-refractivity contribution in [2.75, 3.05) is 4.98 Å². The van der Waals surface area contributed by atoms with Gasteiger partial charge in [-0.3, -0.25) is 4.57 Å². The Labute approximate surface area is 243 Å². The normalized spacial score (nSPS) is 22.7. The molecule has 1 N–H and O–H groups in total.